The van der Waals surface area contributed by atoms with Crippen molar-refractivity contribution >= 4 is 20.3 Å². The maximum absolute atomic E-state index is 14.1. The van der Waals surface area contributed by atoms with Crippen LogP contribution in [0.25, 0.3) is 0 Å². The van der Waals surface area contributed by atoms with Gasteiger partial charge >= 0.3 is 11.9 Å². The zero-order valence-corrected chi connectivity index (χ0v) is 19.7. The van der Waals surface area contributed by atoms with Crippen LogP contribution in [-0.2, 0) is 36.5 Å². The Morgan fingerprint density at radius 3 is 2.34 bits per heavy atom. The van der Waals surface area contributed by atoms with Crippen LogP contribution in [0.3, 0.4) is 0 Å². The Hall–Kier alpha value is -2.58. The van der Waals surface area contributed by atoms with Crippen LogP contribution >= 0.6 is 0 Å². The number of esters is 2. The first-order valence-electron chi connectivity index (χ1n) is 10.6. The average Bonchev–Trinajstić information content (AvgIpc) is 2.74. The van der Waals surface area contributed by atoms with Gasteiger partial charge in [-0.05, 0) is 49.7 Å². The van der Waals surface area contributed by atoms with Crippen molar-refractivity contribution in [3.63, 3.8) is 0 Å². The highest BCUT2D eigenvalue weighted by molar-refractivity contribution is 6.69. The van der Waals surface area contributed by atoms with Crippen molar-refractivity contribution < 1.29 is 32.3 Å². The van der Waals surface area contributed by atoms with E-state index in [9.17, 15) is 18.4 Å². The first kappa shape index (κ1) is 25.7. The first-order chi connectivity index (χ1) is 15.1. The highest BCUT2D eigenvalue weighted by Crippen LogP contribution is 2.20. The van der Waals surface area contributed by atoms with Gasteiger partial charge in [0.1, 0.15) is 24.8 Å². The summed E-state index contributed by atoms with van der Waals surface area (Å²) in [4.78, 5) is 24.8. The van der Waals surface area contributed by atoms with Gasteiger partial charge in [-0.1, -0.05) is 36.4 Å². The fraction of sp³-hybridized carbons (Fsp3) is 0.417. The molecule has 174 valence electrons. The molecule has 32 heavy (non-hydrogen) atoms. The first-order valence-corrected chi connectivity index (χ1v) is 14.0. The van der Waals surface area contributed by atoms with Crippen molar-refractivity contribution in [2.45, 2.75) is 45.5 Å². The molecule has 2 rings (SSSR count). The maximum Gasteiger partial charge on any atom is 0.309 e. The molecule has 0 fully saturated rings. The molecule has 2 aromatic carbocycles. The lowest BCUT2D eigenvalue weighted by Crippen LogP contribution is -2.28. The Bertz CT molecular complexity index is 884. The lowest BCUT2D eigenvalue weighted by Gasteiger charge is -2.18. The summed E-state index contributed by atoms with van der Waals surface area (Å²) >= 11 is 0. The summed E-state index contributed by atoms with van der Waals surface area (Å²) in [6, 6.07) is 12.4. The third-order valence-electron chi connectivity index (χ3n) is 4.62. The quantitative estimate of drug-likeness (QED) is 0.250. The van der Waals surface area contributed by atoms with Crippen LogP contribution in [0.1, 0.15) is 24.0 Å². The molecule has 0 heterocycles. The second kappa shape index (κ2) is 12.5. The third kappa shape index (κ3) is 9.70. The number of hydrogen-bond acceptors (Lipinski definition) is 5. The second-order valence-electron chi connectivity index (χ2n) is 8.45. The van der Waals surface area contributed by atoms with Gasteiger partial charge < -0.3 is 13.9 Å². The molecule has 1 atom stereocenters. The van der Waals surface area contributed by atoms with E-state index in [2.05, 4.69) is 0 Å². The molecule has 5 nitrogen and oxygen atoms in total. The molecule has 0 N–H and O–H groups in total. The van der Waals surface area contributed by atoms with Gasteiger partial charge in [-0.3, -0.25) is 9.59 Å². The minimum absolute atomic E-state index is 0.00818. The van der Waals surface area contributed by atoms with Gasteiger partial charge in [0.15, 0.2) is 8.32 Å². The minimum Gasteiger partial charge on any atom is -0.463 e. The molecule has 0 bridgehead atoms. The topological polar surface area (TPSA) is 61.8 Å². The van der Waals surface area contributed by atoms with E-state index in [0.717, 1.165) is 17.7 Å². The van der Waals surface area contributed by atoms with Crippen molar-refractivity contribution in [2.24, 2.45) is 5.92 Å². The molecule has 0 aliphatic rings. The molecule has 2 aromatic rings. The zero-order valence-electron chi connectivity index (χ0n) is 18.7. The molecule has 0 spiro atoms. The molecule has 0 radical (unpaired) electrons. The van der Waals surface area contributed by atoms with Crippen molar-refractivity contribution in [3.8, 4) is 0 Å². The molecule has 0 aliphatic heterocycles. The fourth-order valence-electron chi connectivity index (χ4n) is 2.97. The zero-order chi connectivity index (χ0) is 23.6. The lowest BCUT2D eigenvalue weighted by atomic mass is 9.94. The van der Waals surface area contributed by atoms with Crippen LogP contribution in [-0.4, -0.2) is 33.5 Å². The van der Waals surface area contributed by atoms with E-state index in [0.29, 0.717) is 6.61 Å². The molecule has 0 unspecified atom stereocenters. The highest BCUT2D eigenvalue weighted by Gasteiger charge is 2.24. The van der Waals surface area contributed by atoms with E-state index in [4.69, 9.17) is 13.9 Å². The summed E-state index contributed by atoms with van der Waals surface area (Å²) in [7, 11) is -1.69. The molecule has 0 saturated carbocycles. The summed E-state index contributed by atoms with van der Waals surface area (Å²) in [5.74, 6) is -3.22. The monoisotopic (exact) mass is 464 g/mol. The number of hydrogen-bond donors (Lipinski definition) is 0. The summed E-state index contributed by atoms with van der Waals surface area (Å²) in [5.41, 5.74) is 0.999. The third-order valence-corrected chi connectivity index (χ3v) is 5.69. The van der Waals surface area contributed by atoms with Crippen LogP contribution in [0.5, 0.6) is 0 Å². The van der Waals surface area contributed by atoms with Gasteiger partial charge in [-0.15, -0.1) is 0 Å². The van der Waals surface area contributed by atoms with Crippen LogP contribution in [0.15, 0.2) is 48.5 Å². The molecule has 0 aromatic heterocycles. The van der Waals surface area contributed by atoms with E-state index in [1.807, 2.05) is 50.0 Å². The fourth-order valence-corrected chi connectivity index (χ4v) is 3.67. The van der Waals surface area contributed by atoms with Crippen LogP contribution < -0.4 is 0 Å². The van der Waals surface area contributed by atoms with Gasteiger partial charge in [0.2, 0.25) is 0 Å². The van der Waals surface area contributed by atoms with Crippen molar-refractivity contribution in [3.05, 3.63) is 71.3 Å². The molecular weight excluding hydrogens is 434 g/mol. The number of benzene rings is 2. The normalized spacial score (nSPS) is 12.3. The lowest BCUT2D eigenvalue weighted by molar-refractivity contribution is -0.151. The van der Waals surface area contributed by atoms with Crippen LogP contribution in [0.2, 0.25) is 19.6 Å². The predicted octanol–water partition coefficient (Wildman–Crippen LogP) is 5.04. The summed E-state index contributed by atoms with van der Waals surface area (Å²) in [6.07, 6.45) is 0.0881. The summed E-state index contributed by atoms with van der Waals surface area (Å²) < 4.78 is 43.6. The van der Waals surface area contributed by atoms with Gasteiger partial charge in [0, 0.05) is 12.5 Å². The highest BCUT2D eigenvalue weighted by atomic mass is 28.4. The van der Waals surface area contributed by atoms with Crippen molar-refractivity contribution in [2.75, 3.05) is 13.2 Å². The number of ether oxygens (including phenoxy) is 2. The van der Waals surface area contributed by atoms with Crippen molar-refractivity contribution in [1.29, 1.82) is 0 Å². The number of carbonyl (C=O) groups is 2. The van der Waals surface area contributed by atoms with Gasteiger partial charge in [-0.2, -0.15) is 0 Å². The minimum atomic E-state index is -1.69. The Kier molecular flexibility index (Phi) is 9.99. The molecule has 0 aliphatic carbocycles. The molecule has 0 amide bonds. The van der Waals surface area contributed by atoms with Crippen LogP contribution in [0.4, 0.5) is 8.78 Å². The smallest absolute Gasteiger partial charge is 0.309 e. The molecular formula is C24H30F2O5Si. The predicted molar refractivity (Wildman–Crippen MR) is 119 cm³/mol. The SMILES string of the molecule is C[Si](C)(C)OCCOC(=O)CC[C@H](Cc1ccc(F)cc1F)C(=O)OCc1ccccc1. The Balaban J connectivity index is 1.95. The van der Waals surface area contributed by atoms with Crippen molar-refractivity contribution in [1.82, 2.24) is 0 Å². The van der Waals surface area contributed by atoms with Gasteiger partial charge in [0.25, 0.3) is 0 Å². The van der Waals surface area contributed by atoms with E-state index in [1.54, 1.807) is 0 Å². The number of rotatable bonds is 12. The second-order valence-corrected chi connectivity index (χ2v) is 13.0. The Morgan fingerprint density at radius 1 is 0.969 bits per heavy atom. The van der Waals surface area contributed by atoms with Crippen LogP contribution in [0, 0.1) is 17.6 Å². The van der Waals surface area contributed by atoms with Gasteiger partial charge in [0.05, 0.1) is 12.5 Å². The number of carbonyl (C=O) groups excluding carboxylic acids is 2. The standard InChI is InChI=1S/C24H30F2O5Si/c1-32(2,3)31-14-13-29-23(27)12-10-20(15-19-9-11-21(25)16-22(19)26)24(28)30-17-18-7-5-4-6-8-18/h4-9,11,16,20H,10,12-15,17H2,1-3H3/t20-/m1/s1. The Labute approximate surface area is 188 Å². The molecule has 8 heteroatoms. The summed E-state index contributed by atoms with van der Waals surface area (Å²) in [6.45, 7) is 6.64. The average molecular weight is 465 g/mol. The maximum atomic E-state index is 14.1. The van der Waals surface area contributed by atoms with E-state index >= 15 is 0 Å². The van der Waals surface area contributed by atoms with E-state index in [-0.39, 0.29) is 38.0 Å². The van der Waals surface area contributed by atoms with E-state index in [1.165, 1.54) is 6.07 Å². The largest absolute Gasteiger partial charge is 0.463 e. The summed E-state index contributed by atoms with van der Waals surface area (Å²) in [5, 5.41) is 0. The molecule has 0 saturated heterocycles. The Morgan fingerprint density at radius 2 is 1.69 bits per heavy atom. The van der Waals surface area contributed by atoms with E-state index < -0.39 is 37.8 Å². The number of halogens is 2. The van der Waals surface area contributed by atoms with Gasteiger partial charge in [-0.25, -0.2) is 8.78 Å².